The van der Waals surface area contributed by atoms with Crippen LogP contribution < -0.4 is 5.32 Å². The molecule has 0 atom stereocenters. The van der Waals surface area contributed by atoms with Crippen molar-refractivity contribution in [3.8, 4) is 0 Å². The summed E-state index contributed by atoms with van der Waals surface area (Å²) in [6.07, 6.45) is 2.63. The third kappa shape index (κ3) is 1.60. The topological polar surface area (TPSA) is 42.2 Å². The molecule has 2 aliphatic rings. The number of fused-ring (bicyclic) bond motifs is 1. The molecule has 1 aliphatic heterocycles. The molecule has 5 heteroatoms. The van der Waals surface area contributed by atoms with Crippen molar-refractivity contribution >= 4 is 21.6 Å². The van der Waals surface area contributed by atoms with Gasteiger partial charge in [0, 0.05) is 19.0 Å². The zero-order valence-electron chi connectivity index (χ0n) is 9.36. The summed E-state index contributed by atoms with van der Waals surface area (Å²) in [5.74, 6) is 2.21. The Morgan fingerprint density at radius 1 is 1.24 bits per heavy atom. The van der Waals surface area contributed by atoms with Crippen molar-refractivity contribution in [2.45, 2.75) is 24.7 Å². The van der Waals surface area contributed by atoms with E-state index in [2.05, 4.69) is 43.5 Å². The minimum Gasteiger partial charge on any atom is -0.315 e. The van der Waals surface area contributed by atoms with Crippen molar-refractivity contribution in [2.24, 2.45) is 0 Å². The molecule has 17 heavy (non-hydrogen) atoms. The molecule has 1 saturated carbocycles. The second-order valence-corrected chi connectivity index (χ2v) is 5.79. The average molecular weight is 293 g/mol. The summed E-state index contributed by atoms with van der Waals surface area (Å²) < 4.78 is 2.92. The van der Waals surface area contributed by atoms with Gasteiger partial charge in [-0.1, -0.05) is 0 Å². The molecule has 0 spiro atoms. The Labute approximate surface area is 108 Å². The number of aromatic nitrogens is 3. The standard InChI is InChI=1S/C12H13BrN4/c13-10-3-8(7-1-2-7)4-11-15-12(16-17(10)11)9-5-14-6-9/h3-4,7,9,14H,1-2,5-6H2. The Bertz CT molecular complexity index is 583. The first-order valence-electron chi connectivity index (χ1n) is 6.08. The van der Waals surface area contributed by atoms with E-state index in [1.165, 1.54) is 18.4 Å². The molecular formula is C12H13BrN4. The summed E-state index contributed by atoms with van der Waals surface area (Å²) in [6, 6.07) is 4.37. The predicted octanol–water partition coefficient (Wildman–Crippen LogP) is 2.06. The molecule has 1 aliphatic carbocycles. The molecule has 88 valence electrons. The van der Waals surface area contributed by atoms with Crippen LogP contribution in [0.3, 0.4) is 0 Å². The van der Waals surface area contributed by atoms with E-state index >= 15 is 0 Å². The SMILES string of the molecule is Brc1cc(C2CC2)cc2nc(C3CNC3)nn12. The molecule has 3 heterocycles. The van der Waals surface area contributed by atoms with Crippen LogP contribution in [0.1, 0.15) is 36.1 Å². The molecule has 0 radical (unpaired) electrons. The average Bonchev–Trinajstić information content (AvgIpc) is 2.98. The summed E-state index contributed by atoms with van der Waals surface area (Å²) in [6.45, 7) is 2.01. The van der Waals surface area contributed by atoms with Crippen LogP contribution in [-0.4, -0.2) is 27.7 Å². The van der Waals surface area contributed by atoms with E-state index in [4.69, 9.17) is 0 Å². The number of pyridine rings is 1. The molecule has 4 nitrogen and oxygen atoms in total. The van der Waals surface area contributed by atoms with Gasteiger partial charge in [-0.15, -0.1) is 5.10 Å². The van der Waals surface area contributed by atoms with Crippen molar-refractivity contribution in [1.29, 1.82) is 0 Å². The van der Waals surface area contributed by atoms with Gasteiger partial charge in [0.2, 0.25) is 0 Å². The van der Waals surface area contributed by atoms with Crippen molar-refractivity contribution in [1.82, 2.24) is 19.9 Å². The van der Waals surface area contributed by atoms with E-state index in [1.807, 2.05) is 4.52 Å². The normalized spacial score (nSPS) is 20.8. The number of halogens is 1. The van der Waals surface area contributed by atoms with Gasteiger partial charge in [-0.3, -0.25) is 0 Å². The fourth-order valence-corrected chi connectivity index (χ4v) is 2.80. The highest BCUT2D eigenvalue weighted by atomic mass is 79.9. The summed E-state index contributed by atoms with van der Waals surface area (Å²) in [5.41, 5.74) is 2.37. The van der Waals surface area contributed by atoms with Crippen molar-refractivity contribution in [3.05, 3.63) is 28.1 Å². The lowest BCUT2D eigenvalue weighted by atomic mass is 10.0. The second kappa shape index (κ2) is 3.53. The number of rotatable bonds is 2. The Balaban J connectivity index is 1.84. The first kappa shape index (κ1) is 10.0. The molecule has 1 N–H and O–H groups in total. The highest BCUT2D eigenvalue weighted by Crippen LogP contribution is 2.41. The smallest absolute Gasteiger partial charge is 0.157 e. The molecule has 2 aromatic heterocycles. The Morgan fingerprint density at radius 2 is 2.06 bits per heavy atom. The van der Waals surface area contributed by atoms with Gasteiger partial charge in [-0.2, -0.15) is 0 Å². The summed E-state index contributed by atoms with van der Waals surface area (Å²) in [4.78, 5) is 4.65. The molecule has 2 aromatic rings. The van der Waals surface area contributed by atoms with Crippen LogP contribution in [0.15, 0.2) is 16.7 Å². The Kier molecular flexibility index (Phi) is 2.08. The summed E-state index contributed by atoms with van der Waals surface area (Å²) in [7, 11) is 0. The van der Waals surface area contributed by atoms with Gasteiger partial charge in [-0.25, -0.2) is 9.50 Å². The zero-order valence-corrected chi connectivity index (χ0v) is 10.9. The van der Waals surface area contributed by atoms with E-state index < -0.39 is 0 Å². The lowest BCUT2D eigenvalue weighted by molar-refractivity contribution is 0.430. The molecule has 4 rings (SSSR count). The van der Waals surface area contributed by atoms with Crippen molar-refractivity contribution in [2.75, 3.05) is 13.1 Å². The predicted molar refractivity (Wildman–Crippen MR) is 68.3 cm³/mol. The van der Waals surface area contributed by atoms with Crippen LogP contribution in [0.5, 0.6) is 0 Å². The van der Waals surface area contributed by atoms with Gasteiger partial charge in [0.15, 0.2) is 11.5 Å². The van der Waals surface area contributed by atoms with Crippen LogP contribution in [0.25, 0.3) is 5.65 Å². The van der Waals surface area contributed by atoms with Gasteiger partial charge < -0.3 is 5.32 Å². The van der Waals surface area contributed by atoms with Crippen LogP contribution >= 0.6 is 15.9 Å². The third-order valence-electron chi connectivity index (χ3n) is 3.63. The van der Waals surface area contributed by atoms with E-state index in [0.29, 0.717) is 5.92 Å². The highest BCUT2D eigenvalue weighted by molar-refractivity contribution is 9.10. The molecule has 0 aromatic carbocycles. The van der Waals surface area contributed by atoms with Crippen LogP contribution in [0.2, 0.25) is 0 Å². The summed E-state index contributed by atoms with van der Waals surface area (Å²) in [5, 5.41) is 7.83. The van der Waals surface area contributed by atoms with E-state index in [-0.39, 0.29) is 0 Å². The number of hydrogen-bond acceptors (Lipinski definition) is 3. The second-order valence-electron chi connectivity index (χ2n) is 4.98. The largest absolute Gasteiger partial charge is 0.315 e. The van der Waals surface area contributed by atoms with Crippen LogP contribution in [-0.2, 0) is 0 Å². The van der Waals surface area contributed by atoms with Crippen LogP contribution in [0, 0.1) is 0 Å². The Morgan fingerprint density at radius 3 is 2.71 bits per heavy atom. The summed E-state index contributed by atoms with van der Waals surface area (Å²) >= 11 is 3.59. The molecule has 0 unspecified atom stereocenters. The maximum atomic E-state index is 4.65. The van der Waals surface area contributed by atoms with Crippen LogP contribution in [0.4, 0.5) is 0 Å². The number of nitrogens with one attached hydrogen (secondary N) is 1. The van der Waals surface area contributed by atoms with E-state index in [9.17, 15) is 0 Å². The van der Waals surface area contributed by atoms with Gasteiger partial charge in [0.25, 0.3) is 0 Å². The van der Waals surface area contributed by atoms with Gasteiger partial charge >= 0.3 is 0 Å². The van der Waals surface area contributed by atoms with E-state index in [1.54, 1.807) is 0 Å². The minimum atomic E-state index is 0.492. The Hall–Kier alpha value is -0.940. The first-order chi connectivity index (χ1) is 8.31. The molecule has 2 fully saturated rings. The van der Waals surface area contributed by atoms with Crippen molar-refractivity contribution in [3.63, 3.8) is 0 Å². The van der Waals surface area contributed by atoms with Gasteiger partial charge in [0.1, 0.15) is 4.60 Å². The molecule has 0 amide bonds. The number of nitrogens with zero attached hydrogens (tertiary/aromatic N) is 3. The molecule has 0 bridgehead atoms. The lowest BCUT2D eigenvalue weighted by Crippen LogP contribution is -2.40. The van der Waals surface area contributed by atoms with E-state index in [0.717, 1.165) is 35.1 Å². The number of hydrogen-bond donors (Lipinski definition) is 1. The maximum Gasteiger partial charge on any atom is 0.157 e. The highest BCUT2D eigenvalue weighted by Gasteiger charge is 2.27. The molecular weight excluding hydrogens is 280 g/mol. The van der Waals surface area contributed by atoms with Gasteiger partial charge in [0.05, 0.1) is 0 Å². The lowest BCUT2D eigenvalue weighted by Gasteiger charge is -2.23. The minimum absolute atomic E-state index is 0.492. The fraction of sp³-hybridized carbons (Fsp3) is 0.500. The quantitative estimate of drug-likeness (QED) is 0.862. The monoisotopic (exact) mass is 292 g/mol. The fourth-order valence-electron chi connectivity index (χ4n) is 2.28. The first-order valence-corrected chi connectivity index (χ1v) is 6.87. The molecule has 1 saturated heterocycles. The zero-order chi connectivity index (χ0) is 11.4. The van der Waals surface area contributed by atoms with Gasteiger partial charge in [-0.05, 0) is 52.4 Å². The maximum absolute atomic E-state index is 4.65. The van der Waals surface area contributed by atoms with Crippen molar-refractivity contribution < 1.29 is 0 Å². The third-order valence-corrected chi connectivity index (χ3v) is 4.19.